The van der Waals surface area contributed by atoms with E-state index in [1.54, 1.807) is 6.07 Å². The number of hydrogen-bond donors (Lipinski definition) is 0. The summed E-state index contributed by atoms with van der Waals surface area (Å²) < 4.78 is 4.89. The van der Waals surface area contributed by atoms with E-state index in [1.165, 1.54) is 0 Å². The second-order valence-corrected chi connectivity index (χ2v) is 5.48. The van der Waals surface area contributed by atoms with Gasteiger partial charge in [-0.3, -0.25) is 19.7 Å². The molecule has 0 aromatic heterocycles. The number of hydrogen-bond acceptors (Lipinski definition) is 5. The highest BCUT2D eigenvalue weighted by atomic mass is 16.6. The third-order valence-electron chi connectivity index (χ3n) is 3.82. The van der Waals surface area contributed by atoms with Crippen molar-refractivity contribution in [2.24, 2.45) is 5.92 Å². The number of Topliss-reactive ketones (excluding diaryl/α,β-unsaturated/α-hetero) is 1. The van der Waals surface area contributed by atoms with Crippen LogP contribution in [-0.2, 0) is 9.53 Å². The summed E-state index contributed by atoms with van der Waals surface area (Å²) in [7, 11) is 0. The van der Waals surface area contributed by atoms with E-state index in [1.807, 2.05) is 26.8 Å². The van der Waals surface area contributed by atoms with Crippen LogP contribution in [0.25, 0.3) is 0 Å². The number of aryl methyl sites for hydroxylation is 3. The monoisotopic (exact) mass is 291 g/mol. The number of rotatable bonds is 5. The van der Waals surface area contributed by atoms with Gasteiger partial charge >= 0.3 is 5.97 Å². The van der Waals surface area contributed by atoms with Gasteiger partial charge in [0.05, 0.1) is 0 Å². The maximum Gasteiger partial charge on any atom is 0.316 e. The standard InChI is InChI=1S/C15H17NO5/c1-8-4-10(3)11(5-9(8)2)14(17)7-21-15(18)12-6-13(12)16(19)20/h4-5,12-13H,6-7H2,1-3H3. The highest BCUT2D eigenvalue weighted by Crippen LogP contribution is 2.34. The molecule has 0 aliphatic heterocycles. The summed E-state index contributed by atoms with van der Waals surface area (Å²) in [5.74, 6) is -1.65. The summed E-state index contributed by atoms with van der Waals surface area (Å²) in [5.41, 5.74) is 3.43. The van der Waals surface area contributed by atoms with Crippen LogP contribution in [0.15, 0.2) is 12.1 Å². The minimum atomic E-state index is -0.851. The second kappa shape index (κ2) is 5.63. The van der Waals surface area contributed by atoms with Gasteiger partial charge in [0.25, 0.3) is 0 Å². The summed E-state index contributed by atoms with van der Waals surface area (Å²) in [4.78, 5) is 33.7. The van der Waals surface area contributed by atoms with Crippen LogP contribution in [0, 0.1) is 36.8 Å². The number of carbonyl (C=O) groups excluding carboxylic acids is 2. The van der Waals surface area contributed by atoms with Crippen molar-refractivity contribution in [3.05, 3.63) is 44.5 Å². The summed E-state index contributed by atoms with van der Waals surface area (Å²) in [6.45, 7) is 5.32. The van der Waals surface area contributed by atoms with Gasteiger partial charge in [0.1, 0.15) is 5.92 Å². The molecule has 6 nitrogen and oxygen atoms in total. The van der Waals surface area contributed by atoms with Crippen LogP contribution < -0.4 is 0 Å². The molecule has 1 aromatic carbocycles. The SMILES string of the molecule is Cc1cc(C)c(C(=O)COC(=O)C2CC2[N+](=O)[O-])cc1C. The normalized spacial score (nSPS) is 20.0. The molecule has 0 spiro atoms. The predicted octanol–water partition coefficient (Wildman–Crippen LogP) is 2.00. The number of ether oxygens (including phenoxy) is 1. The Labute approximate surface area is 122 Å². The molecule has 1 fully saturated rings. The second-order valence-electron chi connectivity index (χ2n) is 5.48. The van der Waals surface area contributed by atoms with E-state index < -0.39 is 22.9 Å². The molecule has 0 bridgehead atoms. The lowest BCUT2D eigenvalue weighted by Crippen LogP contribution is -2.19. The van der Waals surface area contributed by atoms with Gasteiger partial charge in [0.15, 0.2) is 6.61 Å². The minimum absolute atomic E-state index is 0.197. The van der Waals surface area contributed by atoms with Gasteiger partial charge in [-0.05, 0) is 43.5 Å². The molecular formula is C15H17NO5. The van der Waals surface area contributed by atoms with Crippen LogP contribution in [0.5, 0.6) is 0 Å². The molecule has 2 atom stereocenters. The molecule has 2 unspecified atom stereocenters. The molecule has 1 aliphatic carbocycles. The number of ketones is 1. The van der Waals surface area contributed by atoms with E-state index >= 15 is 0 Å². The van der Waals surface area contributed by atoms with Crippen LogP contribution in [0.4, 0.5) is 0 Å². The van der Waals surface area contributed by atoms with Crippen LogP contribution in [0.2, 0.25) is 0 Å². The number of carbonyl (C=O) groups is 2. The third-order valence-corrected chi connectivity index (χ3v) is 3.82. The molecule has 2 rings (SSSR count). The zero-order chi connectivity index (χ0) is 15.7. The Kier molecular flexibility index (Phi) is 4.06. The van der Waals surface area contributed by atoms with E-state index in [-0.39, 0.29) is 18.8 Å². The average Bonchev–Trinajstić information content (AvgIpc) is 3.20. The molecule has 0 amide bonds. The first-order valence-electron chi connectivity index (χ1n) is 6.72. The highest BCUT2D eigenvalue weighted by Gasteiger charge is 2.54. The lowest BCUT2D eigenvalue weighted by Gasteiger charge is -2.09. The number of nitro groups is 1. The Morgan fingerprint density at radius 3 is 2.43 bits per heavy atom. The molecule has 1 saturated carbocycles. The quantitative estimate of drug-likeness (QED) is 0.358. The van der Waals surface area contributed by atoms with E-state index in [0.29, 0.717) is 5.56 Å². The van der Waals surface area contributed by atoms with E-state index in [0.717, 1.165) is 16.7 Å². The van der Waals surface area contributed by atoms with Crippen LogP contribution in [0.3, 0.4) is 0 Å². The van der Waals surface area contributed by atoms with Crippen LogP contribution in [-0.4, -0.2) is 29.3 Å². The summed E-state index contributed by atoms with van der Waals surface area (Å²) >= 11 is 0. The Bertz CT molecular complexity index is 623. The maximum absolute atomic E-state index is 12.1. The van der Waals surface area contributed by atoms with E-state index in [4.69, 9.17) is 4.74 Å². The van der Waals surface area contributed by atoms with Crippen molar-refractivity contribution in [3.8, 4) is 0 Å². The van der Waals surface area contributed by atoms with Gasteiger partial charge in [-0.25, -0.2) is 0 Å². The Balaban J connectivity index is 1.95. The van der Waals surface area contributed by atoms with Crippen molar-refractivity contribution in [2.45, 2.75) is 33.2 Å². The average molecular weight is 291 g/mol. The van der Waals surface area contributed by atoms with Gasteiger partial charge in [-0.1, -0.05) is 6.07 Å². The van der Waals surface area contributed by atoms with E-state index in [9.17, 15) is 19.7 Å². The predicted molar refractivity (Wildman–Crippen MR) is 74.8 cm³/mol. The first kappa shape index (κ1) is 15.2. The highest BCUT2D eigenvalue weighted by molar-refractivity contribution is 5.99. The first-order valence-corrected chi connectivity index (χ1v) is 6.72. The van der Waals surface area contributed by atoms with Crippen molar-refractivity contribution in [1.29, 1.82) is 0 Å². The molecule has 21 heavy (non-hydrogen) atoms. The molecule has 0 saturated heterocycles. The van der Waals surface area contributed by atoms with Crippen molar-refractivity contribution in [2.75, 3.05) is 6.61 Å². The molecule has 0 radical (unpaired) electrons. The lowest BCUT2D eigenvalue weighted by molar-refractivity contribution is -0.497. The van der Waals surface area contributed by atoms with Crippen molar-refractivity contribution in [3.63, 3.8) is 0 Å². The fraction of sp³-hybridized carbons (Fsp3) is 0.467. The molecular weight excluding hydrogens is 274 g/mol. The van der Waals surface area contributed by atoms with Crippen molar-refractivity contribution < 1.29 is 19.2 Å². The van der Waals surface area contributed by atoms with Gasteiger partial charge in [0, 0.05) is 16.9 Å². The third kappa shape index (κ3) is 3.26. The molecule has 0 heterocycles. The Hall–Kier alpha value is -2.24. The number of nitrogens with zero attached hydrogens (tertiary/aromatic N) is 1. The fourth-order valence-electron chi connectivity index (χ4n) is 2.25. The molecule has 0 N–H and O–H groups in total. The smallest absolute Gasteiger partial charge is 0.316 e. The zero-order valence-electron chi connectivity index (χ0n) is 12.2. The van der Waals surface area contributed by atoms with Gasteiger partial charge in [0.2, 0.25) is 11.8 Å². The van der Waals surface area contributed by atoms with E-state index in [2.05, 4.69) is 0 Å². The Morgan fingerprint density at radius 2 is 1.86 bits per heavy atom. The number of esters is 1. The van der Waals surface area contributed by atoms with Crippen LogP contribution >= 0.6 is 0 Å². The van der Waals surface area contributed by atoms with Crippen molar-refractivity contribution in [1.82, 2.24) is 0 Å². The van der Waals surface area contributed by atoms with Gasteiger partial charge < -0.3 is 4.74 Å². The lowest BCUT2D eigenvalue weighted by atomic mass is 9.98. The topological polar surface area (TPSA) is 86.5 Å². The first-order chi connectivity index (χ1) is 9.81. The molecule has 6 heteroatoms. The molecule has 1 aromatic rings. The molecule has 1 aliphatic rings. The summed E-state index contributed by atoms with van der Waals surface area (Å²) in [5, 5.41) is 10.5. The maximum atomic E-state index is 12.1. The van der Waals surface area contributed by atoms with Crippen LogP contribution in [0.1, 0.15) is 33.5 Å². The summed E-state index contributed by atoms with van der Waals surface area (Å²) in [6, 6.07) is 2.84. The fourth-order valence-corrected chi connectivity index (χ4v) is 2.25. The van der Waals surface area contributed by atoms with Gasteiger partial charge in [-0.15, -0.1) is 0 Å². The summed E-state index contributed by atoms with van der Waals surface area (Å²) in [6.07, 6.45) is 0.197. The zero-order valence-corrected chi connectivity index (χ0v) is 12.2. The Morgan fingerprint density at radius 1 is 1.24 bits per heavy atom. The minimum Gasteiger partial charge on any atom is -0.457 e. The van der Waals surface area contributed by atoms with Crippen molar-refractivity contribution >= 4 is 11.8 Å². The largest absolute Gasteiger partial charge is 0.457 e. The van der Waals surface area contributed by atoms with Gasteiger partial charge in [-0.2, -0.15) is 0 Å². The molecule has 112 valence electrons. The number of benzene rings is 1.